The molecule has 1 aliphatic heterocycles. The number of pyridine rings is 1. The molecule has 1 saturated heterocycles. The number of aromatic nitrogens is 1. The second kappa shape index (κ2) is 7.70. The number of carbonyl (C=O) groups is 1. The molecule has 136 valence electrons. The van der Waals surface area contributed by atoms with Crippen molar-refractivity contribution in [2.24, 2.45) is 0 Å². The highest BCUT2D eigenvalue weighted by Gasteiger charge is 2.24. The number of aryl methyl sites for hydroxylation is 1. The number of nitro groups is 1. The molecule has 26 heavy (non-hydrogen) atoms. The molecule has 1 aliphatic rings. The number of hydrogen-bond acceptors (Lipinski definition) is 5. The molecule has 1 aromatic carbocycles. The largest absolute Gasteiger partial charge is 0.353 e. The Morgan fingerprint density at radius 1 is 1.27 bits per heavy atom. The summed E-state index contributed by atoms with van der Waals surface area (Å²) in [5.41, 5.74) is 1.57. The summed E-state index contributed by atoms with van der Waals surface area (Å²) in [5.74, 6) is 0.778. The normalized spacial score (nSPS) is 14.4. The van der Waals surface area contributed by atoms with Gasteiger partial charge < -0.3 is 9.80 Å². The zero-order valence-electron chi connectivity index (χ0n) is 14.4. The van der Waals surface area contributed by atoms with Crippen molar-refractivity contribution in [3.05, 3.63) is 62.8 Å². The van der Waals surface area contributed by atoms with E-state index in [1.807, 2.05) is 30.0 Å². The van der Waals surface area contributed by atoms with E-state index in [0.29, 0.717) is 31.2 Å². The van der Waals surface area contributed by atoms with Gasteiger partial charge in [-0.3, -0.25) is 14.9 Å². The summed E-state index contributed by atoms with van der Waals surface area (Å²) in [6, 6.07) is 8.88. The van der Waals surface area contributed by atoms with Gasteiger partial charge in [0, 0.05) is 37.3 Å². The molecule has 7 nitrogen and oxygen atoms in total. The molecule has 2 heterocycles. The van der Waals surface area contributed by atoms with Crippen molar-refractivity contribution in [1.82, 2.24) is 9.88 Å². The van der Waals surface area contributed by atoms with Gasteiger partial charge in [0.2, 0.25) is 5.91 Å². The van der Waals surface area contributed by atoms with Crippen LogP contribution in [0.3, 0.4) is 0 Å². The Morgan fingerprint density at radius 2 is 1.96 bits per heavy atom. The fourth-order valence-corrected chi connectivity index (χ4v) is 3.27. The molecule has 3 rings (SSSR count). The molecule has 8 heteroatoms. The number of benzene rings is 1. The van der Waals surface area contributed by atoms with E-state index >= 15 is 0 Å². The van der Waals surface area contributed by atoms with Crippen molar-refractivity contribution < 1.29 is 9.72 Å². The average Bonchev–Trinajstić information content (AvgIpc) is 2.63. The first-order chi connectivity index (χ1) is 12.5. The number of carbonyl (C=O) groups excluding carboxylic acids is 1. The first-order valence-electron chi connectivity index (χ1n) is 8.33. The van der Waals surface area contributed by atoms with Crippen LogP contribution in [0.15, 0.2) is 36.5 Å². The zero-order valence-corrected chi connectivity index (χ0v) is 15.1. The van der Waals surface area contributed by atoms with Gasteiger partial charge in [0.15, 0.2) is 0 Å². The molecule has 0 atom stereocenters. The number of nitrogens with zero attached hydrogens (tertiary/aromatic N) is 4. The van der Waals surface area contributed by atoms with Crippen LogP contribution in [0.25, 0.3) is 0 Å². The van der Waals surface area contributed by atoms with E-state index in [1.54, 1.807) is 6.07 Å². The van der Waals surface area contributed by atoms with E-state index in [4.69, 9.17) is 11.6 Å². The lowest BCUT2D eigenvalue weighted by Crippen LogP contribution is -2.49. The summed E-state index contributed by atoms with van der Waals surface area (Å²) in [5, 5.41) is 11.4. The number of anilines is 1. The van der Waals surface area contributed by atoms with Gasteiger partial charge >= 0.3 is 0 Å². The summed E-state index contributed by atoms with van der Waals surface area (Å²) >= 11 is 6.13. The SMILES string of the molecule is Cc1cc([N+](=O)[O-])cnc1N1CCN(C(=O)Cc2ccccc2Cl)CC1. The molecule has 1 amide bonds. The van der Waals surface area contributed by atoms with Gasteiger partial charge in [-0.1, -0.05) is 29.8 Å². The Bertz CT molecular complexity index is 835. The van der Waals surface area contributed by atoms with E-state index < -0.39 is 4.92 Å². The van der Waals surface area contributed by atoms with Crippen molar-refractivity contribution in [1.29, 1.82) is 0 Å². The maximum Gasteiger partial charge on any atom is 0.287 e. The second-order valence-corrected chi connectivity index (χ2v) is 6.63. The van der Waals surface area contributed by atoms with Crippen molar-refractivity contribution in [2.45, 2.75) is 13.3 Å². The van der Waals surface area contributed by atoms with Crippen LogP contribution < -0.4 is 4.90 Å². The fraction of sp³-hybridized carbons (Fsp3) is 0.333. The molecule has 0 aliphatic carbocycles. The summed E-state index contributed by atoms with van der Waals surface area (Å²) in [6.45, 7) is 4.26. The Morgan fingerprint density at radius 3 is 2.58 bits per heavy atom. The molecular weight excluding hydrogens is 356 g/mol. The van der Waals surface area contributed by atoms with Gasteiger partial charge in [-0.05, 0) is 24.1 Å². The smallest absolute Gasteiger partial charge is 0.287 e. The maximum absolute atomic E-state index is 12.5. The van der Waals surface area contributed by atoms with Crippen LogP contribution >= 0.6 is 11.6 Å². The quantitative estimate of drug-likeness (QED) is 0.607. The number of amides is 1. The maximum atomic E-state index is 12.5. The molecule has 0 radical (unpaired) electrons. The van der Waals surface area contributed by atoms with Crippen molar-refractivity contribution in [3.8, 4) is 0 Å². The van der Waals surface area contributed by atoms with Crippen LogP contribution in [0.4, 0.5) is 11.5 Å². The Balaban J connectivity index is 1.61. The molecule has 0 unspecified atom stereocenters. The standard InChI is InChI=1S/C18H19ClN4O3/c1-13-10-15(23(25)26)12-20-18(13)22-8-6-21(7-9-22)17(24)11-14-4-2-3-5-16(14)19/h2-5,10,12H,6-9,11H2,1H3. The molecule has 1 fully saturated rings. The third kappa shape index (κ3) is 3.94. The lowest BCUT2D eigenvalue weighted by atomic mass is 10.1. The predicted octanol–water partition coefficient (Wildman–Crippen LogP) is 2.84. The summed E-state index contributed by atoms with van der Waals surface area (Å²) in [7, 11) is 0. The number of halogens is 1. The lowest BCUT2D eigenvalue weighted by molar-refractivity contribution is -0.385. The van der Waals surface area contributed by atoms with Gasteiger partial charge in [0.05, 0.1) is 11.3 Å². The van der Waals surface area contributed by atoms with Crippen molar-refractivity contribution >= 4 is 29.0 Å². The van der Waals surface area contributed by atoms with Crippen LogP contribution in [0, 0.1) is 17.0 Å². The minimum atomic E-state index is -0.449. The number of hydrogen-bond donors (Lipinski definition) is 0. The van der Waals surface area contributed by atoms with Gasteiger partial charge in [-0.25, -0.2) is 4.98 Å². The topological polar surface area (TPSA) is 79.6 Å². The lowest BCUT2D eigenvalue weighted by Gasteiger charge is -2.36. The summed E-state index contributed by atoms with van der Waals surface area (Å²) in [6.07, 6.45) is 1.56. The average molecular weight is 375 g/mol. The van der Waals surface area contributed by atoms with Gasteiger partial charge in [0.25, 0.3) is 5.69 Å². The van der Waals surface area contributed by atoms with E-state index in [1.165, 1.54) is 12.3 Å². The molecule has 0 N–H and O–H groups in total. The molecular formula is C18H19ClN4O3. The van der Waals surface area contributed by atoms with Gasteiger partial charge in [-0.15, -0.1) is 0 Å². The second-order valence-electron chi connectivity index (χ2n) is 6.23. The Kier molecular flexibility index (Phi) is 5.37. The molecule has 0 bridgehead atoms. The minimum Gasteiger partial charge on any atom is -0.353 e. The number of piperazine rings is 1. The van der Waals surface area contributed by atoms with E-state index in [9.17, 15) is 14.9 Å². The molecule has 1 aromatic heterocycles. The van der Waals surface area contributed by atoms with E-state index in [2.05, 4.69) is 9.88 Å². The Labute approximate surface area is 156 Å². The fourth-order valence-electron chi connectivity index (χ4n) is 3.07. The highest BCUT2D eigenvalue weighted by Crippen LogP contribution is 2.23. The first kappa shape index (κ1) is 18.1. The highest BCUT2D eigenvalue weighted by molar-refractivity contribution is 6.31. The molecule has 0 spiro atoms. The molecule has 2 aromatic rings. The van der Waals surface area contributed by atoms with Crippen LogP contribution in [0.2, 0.25) is 5.02 Å². The van der Waals surface area contributed by atoms with Crippen LogP contribution in [-0.2, 0) is 11.2 Å². The highest BCUT2D eigenvalue weighted by atomic mass is 35.5. The van der Waals surface area contributed by atoms with Gasteiger partial charge in [-0.2, -0.15) is 0 Å². The van der Waals surface area contributed by atoms with E-state index in [-0.39, 0.29) is 18.0 Å². The van der Waals surface area contributed by atoms with Crippen LogP contribution in [-0.4, -0.2) is 46.9 Å². The minimum absolute atomic E-state index is 0.0141. The predicted molar refractivity (Wildman–Crippen MR) is 99.6 cm³/mol. The molecule has 0 saturated carbocycles. The van der Waals surface area contributed by atoms with Crippen molar-refractivity contribution in [2.75, 3.05) is 31.1 Å². The van der Waals surface area contributed by atoms with Gasteiger partial charge in [0.1, 0.15) is 12.0 Å². The monoisotopic (exact) mass is 374 g/mol. The third-order valence-corrected chi connectivity index (χ3v) is 4.85. The van der Waals surface area contributed by atoms with Crippen LogP contribution in [0.5, 0.6) is 0 Å². The first-order valence-corrected chi connectivity index (χ1v) is 8.70. The zero-order chi connectivity index (χ0) is 18.7. The Hall–Kier alpha value is -2.67. The summed E-state index contributed by atoms with van der Waals surface area (Å²) < 4.78 is 0. The van der Waals surface area contributed by atoms with E-state index in [0.717, 1.165) is 16.9 Å². The van der Waals surface area contributed by atoms with Crippen LogP contribution in [0.1, 0.15) is 11.1 Å². The third-order valence-electron chi connectivity index (χ3n) is 4.48. The summed E-state index contributed by atoms with van der Waals surface area (Å²) in [4.78, 5) is 31.0. The van der Waals surface area contributed by atoms with Crippen molar-refractivity contribution in [3.63, 3.8) is 0 Å². The number of rotatable bonds is 4.